The summed E-state index contributed by atoms with van der Waals surface area (Å²) in [5.74, 6) is 2.11. The molecule has 2 rings (SSSR count). The van der Waals surface area contributed by atoms with Crippen LogP contribution in [0.1, 0.15) is 52.4 Å². The molecule has 2 aliphatic carbocycles. The topological polar surface area (TPSA) is 57.2 Å². The summed E-state index contributed by atoms with van der Waals surface area (Å²) in [6.45, 7) is 6.29. The van der Waals surface area contributed by atoms with Gasteiger partial charge in [-0.25, -0.2) is 0 Å². The number of rotatable bonds is 11. The maximum absolute atomic E-state index is 9.70. The van der Waals surface area contributed by atoms with E-state index in [0.717, 1.165) is 12.8 Å². The summed E-state index contributed by atoms with van der Waals surface area (Å²) < 4.78 is 21.6. The standard InChI is InChI=1S/C20H38O5/c1-15(10-16(11-21)12-24-13-22-3)17-7-8-18-19(25-14-23-4)6-5-9-20(17,18)2/h15-19,21H,5-14H2,1-4H3/t15-,16?,17-,18?,19+,20-/m1/s1. The molecule has 6 atom stereocenters. The number of aliphatic hydroxyl groups excluding tert-OH is 1. The Morgan fingerprint density at radius 1 is 1.12 bits per heavy atom. The van der Waals surface area contributed by atoms with E-state index in [-0.39, 0.29) is 12.5 Å². The number of ether oxygens (including phenoxy) is 4. The smallest absolute Gasteiger partial charge is 0.146 e. The molecular formula is C20H38O5. The van der Waals surface area contributed by atoms with Crippen LogP contribution in [0.15, 0.2) is 0 Å². The fourth-order valence-electron chi connectivity index (χ4n) is 5.63. The molecule has 5 nitrogen and oxygen atoms in total. The molecule has 1 N–H and O–H groups in total. The maximum Gasteiger partial charge on any atom is 0.146 e. The van der Waals surface area contributed by atoms with Gasteiger partial charge in [0.25, 0.3) is 0 Å². The average Bonchev–Trinajstić information content (AvgIpc) is 2.96. The van der Waals surface area contributed by atoms with E-state index in [1.807, 2.05) is 0 Å². The second kappa shape index (κ2) is 10.2. The zero-order valence-corrected chi connectivity index (χ0v) is 16.5. The minimum atomic E-state index is 0.181. The number of hydrogen-bond acceptors (Lipinski definition) is 5. The predicted molar refractivity (Wildman–Crippen MR) is 97.1 cm³/mol. The number of methoxy groups -OCH3 is 2. The van der Waals surface area contributed by atoms with Crippen molar-refractivity contribution in [2.45, 2.75) is 58.5 Å². The van der Waals surface area contributed by atoms with Crippen LogP contribution in [-0.2, 0) is 18.9 Å². The Morgan fingerprint density at radius 3 is 2.56 bits per heavy atom. The van der Waals surface area contributed by atoms with Gasteiger partial charge in [-0.1, -0.05) is 20.3 Å². The third-order valence-electron chi connectivity index (χ3n) is 6.74. The molecule has 0 spiro atoms. The van der Waals surface area contributed by atoms with Crippen LogP contribution in [0, 0.1) is 29.1 Å². The van der Waals surface area contributed by atoms with Gasteiger partial charge in [0.15, 0.2) is 0 Å². The molecule has 0 radical (unpaired) electrons. The molecule has 0 aromatic heterocycles. The van der Waals surface area contributed by atoms with Crippen LogP contribution in [0.3, 0.4) is 0 Å². The van der Waals surface area contributed by atoms with Gasteiger partial charge in [0.2, 0.25) is 0 Å². The van der Waals surface area contributed by atoms with Crippen LogP contribution in [0.4, 0.5) is 0 Å². The third-order valence-corrected chi connectivity index (χ3v) is 6.74. The Morgan fingerprint density at radius 2 is 1.88 bits per heavy atom. The van der Waals surface area contributed by atoms with E-state index in [1.165, 1.54) is 25.7 Å². The van der Waals surface area contributed by atoms with Crippen molar-refractivity contribution in [3.8, 4) is 0 Å². The fraction of sp³-hybridized carbons (Fsp3) is 1.00. The van der Waals surface area contributed by atoms with Crippen LogP contribution in [0.5, 0.6) is 0 Å². The summed E-state index contributed by atoms with van der Waals surface area (Å²) in [6.07, 6.45) is 7.57. The van der Waals surface area contributed by atoms with Crippen LogP contribution in [0.25, 0.3) is 0 Å². The van der Waals surface area contributed by atoms with Crippen molar-refractivity contribution in [3.63, 3.8) is 0 Å². The third kappa shape index (κ3) is 5.16. The van der Waals surface area contributed by atoms with Crippen LogP contribution in [0.2, 0.25) is 0 Å². The summed E-state index contributed by atoms with van der Waals surface area (Å²) in [4.78, 5) is 0. The minimum Gasteiger partial charge on any atom is -0.396 e. The van der Waals surface area contributed by atoms with E-state index in [9.17, 15) is 5.11 Å². The molecule has 0 amide bonds. The van der Waals surface area contributed by atoms with Gasteiger partial charge in [-0.05, 0) is 55.3 Å². The van der Waals surface area contributed by atoms with Crippen LogP contribution >= 0.6 is 0 Å². The van der Waals surface area contributed by atoms with E-state index in [1.54, 1.807) is 14.2 Å². The Balaban J connectivity index is 1.94. The summed E-state index contributed by atoms with van der Waals surface area (Å²) in [5.41, 5.74) is 0.351. The first kappa shape index (κ1) is 21.1. The molecule has 0 aromatic rings. The molecule has 2 fully saturated rings. The number of hydrogen-bond donors (Lipinski definition) is 1. The van der Waals surface area contributed by atoms with Crippen molar-refractivity contribution in [1.82, 2.24) is 0 Å². The highest BCUT2D eigenvalue weighted by molar-refractivity contribution is 5.02. The molecule has 0 aliphatic heterocycles. The van der Waals surface area contributed by atoms with Crippen molar-refractivity contribution in [2.75, 3.05) is 41.0 Å². The van der Waals surface area contributed by atoms with E-state index in [4.69, 9.17) is 18.9 Å². The number of aliphatic hydroxyl groups is 1. The normalized spacial score (nSPS) is 34.7. The Labute approximate surface area is 153 Å². The van der Waals surface area contributed by atoms with E-state index >= 15 is 0 Å². The Hall–Kier alpha value is -0.200. The van der Waals surface area contributed by atoms with Gasteiger partial charge in [0, 0.05) is 26.7 Å². The lowest BCUT2D eigenvalue weighted by Crippen LogP contribution is -2.43. The Kier molecular flexibility index (Phi) is 8.62. The van der Waals surface area contributed by atoms with Gasteiger partial charge in [-0.15, -0.1) is 0 Å². The van der Waals surface area contributed by atoms with Gasteiger partial charge >= 0.3 is 0 Å². The lowest BCUT2D eigenvalue weighted by atomic mass is 9.61. The highest BCUT2D eigenvalue weighted by Crippen LogP contribution is 2.58. The number of fused-ring (bicyclic) bond motifs is 1. The van der Waals surface area contributed by atoms with Crippen LogP contribution in [-0.4, -0.2) is 52.2 Å². The van der Waals surface area contributed by atoms with Crippen molar-refractivity contribution in [2.24, 2.45) is 29.1 Å². The van der Waals surface area contributed by atoms with Crippen LogP contribution < -0.4 is 0 Å². The van der Waals surface area contributed by atoms with Crippen molar-refractivity contribution in [3.05, 3.63) is 0 Å². The van der Waals surface area contributed by atoms with Gasteiger partial charge in [0.05, 0.1) is 12.7 Å². The molecule has 2 aliphatic rings. The average molecular weight is 359 g/mol. The largest absolute Gasteiger partial charge is 0.396 e. The molecule has 0 bridgehead atoms. The summed E-state index contributed by atoms with van der Waals surface area (Å²) in [5, 5.41) is 9.70. The molecule has 25 heavy (non-hydrogen) atoms. The Bertz CT molecular complexity index is 377. The van der Waals surface area contributed by atoms with Gasteiger partial charge in [0.1, 0.15) is 13.6 Å². The highest BCUT2D eigenvalue weighted by Gasteiger charge is 2.52. The second-order valence-corrected chi connectivity index (χ2v) is 8.34. The SMILES string of the molecule is COCOCC(CO)C[C@@H](C)[C@H]1CCC2[C@@H](OCOC)CCC[C@@]21C. The molecule has 148 valence electrons. The summed E-state index contributed by atoms with van der Waals surface area (Å²) in [6, 6.07) is 0. The maximum atomic E-state index is 9.70. The van der Waals surface area contributed by atoms with E-state index in [0.29, 0.717) is 49.5 Å². The summed E-state index contributed by atoms with van der Waals surface area (Å²) >= 11 is 0. The molecular weight excluding hydrogens is 320 g/mol. The first-order valence-corrected chi connectivity index (χ1v) is 9.84. The zero-order chi connectivity index (χ0) is 18.3. The lowest BCUT2D eigenvalue weighted by Gasteiger charge is -2.46. The van der Waals surface area contributed by atoms with Crippen molar-refractivity contribution < 1.29 is 24.1 Å². The van der Waals surface area contributed by atoms with Gasteiger partial charge in [-0.3, -0.25) is 0 Å². The zero-order valence-electron chi connectivity index (χ0n) is 16.5. The fourth-order valence-corrected chi connectivity index (χ4v) is 5.63. The molecule has 0 saturated heterocycles. The first-order valence-electron chi connectivity index (χ1n) is 9.84. The molecule has 0 aromatic carbocycles. The minimum absolute atomic E-state index is 0.181. The van der Waals surface area contributed by atoms with Crippen molar-refractivity contribution >= 4 is 0 Å². The lowest BCUT2D eigenvalue weighted by molar-refractivity contribution is -0.129. The van der Waals surface area contributed by atoms with Crippen molar-refractivity contribution in [1.29, 1.82) is 0 Å². The quantitative estimate of drug-likeness (QED) is 0.453. The molecule has 2 saturated carbocycles. The molecule has 5 heteroatoms. The highest BCUT2D eigenvalue weighted by atomic mass is 16.7. The second-order valence-electron chi connectivity index (χ2n) is 8.34. The first-order chi connectivity index (χ1) is 12.1. The molecule has 2 unspecified atom stereocenters. The van der Waals surface area contributed by atoms with E-state index in [2.05, 4.69) is 13.8 Å². The summed E-state index contributed by atoms with van der Waals surface area (Å²) in [7, 11) is 3.32. The predicted octanol–water partition coefficient (Wildman–Crippen LogP) is 3.45. The monoisotopic (exact) mass is 358 g/mol. The van der Waals surface area contributed by atoms with Gasteiger partial charge < -0.3 is 24.1 Å². The van der Waals surface area contributed by atoms with Gasteiger partial charge in [-0.2, -0.15) is 0 Å². The van der Waals surface area contributed by atoms with E-state index < -0.39 is 0 Å². The molecule has 0 heterocycles.